The highest BCUT2D eigenvalue weighted by Gasteiger charge is 2.15. The zero-order valence-electron chi connectivity index (χ0n) is 7.82. The molecule has 1 saturated heterocycles. The fraction of sp³-hybridized carbons (Fsp3) is 0.556. The van der Waals surface area contributed by atoms with Crippen LogP contribution in [-0.2, 0) is 0 Å². The van der Waals surface area contributed by atoms with Crippen LogP contribution in [0.1, 0.15) is 16.9 Å². The number of amides is 1. The van der Waals surface area contributed by atoms with Gasteiger partial charge in [-0.2, -0.15) is 0 Å². The van der Waals surface area contributed by atoms with Crippen molar-refractivity contribution >= 4 is 17.2 Å². The Morgan fingerprint density at radius 1 is 1.79 bits per heavy atom. The van der Waals surface area contributed by atoms with Crippen molar-refractivity contribution in [3.05, 3.63) is 16.6 Å². The van der Waals surface area contributed by atoms with E-state index in [0.717, 1.165) is 26.1 Å². The smallest absolute Gasteiger partial charge is 0.270 e. The fourth-order valence-corrected chi connectivity index (χ4v) is 2.07. The highest BCUT2D eigenvalue weighted by molar-refractivity contribution is 7.07. The lowest BCUT2D eigenvalue weighted by atomic mass is 10.1. The summed E-state index contributed by atoms with van der Waals surface area (Å²) in [6.07, 6.45) is 1.15. The molecule has 2 rings (SSSR count). The molecule has 1 atom stereocenters. The molecule has 1 aromatic heterocycles. The summed E-state index contributed by atoms with van der Waals surface area (Å²) >= 11 is 1.44. The Hall–Kier alpha value is -0.940. The lowest BCUT2D eigenvalue weighted by molar-refractivity contribution is 0.0944. The number of carbonyl (C=O) groups excluding carboxylic acids is 1. The van der Waals surface area contributed by atoms with E-state index in [9.17, 15) is 4.79 Å². The number of nitrogens with zero attached hydrogens (tertiary/aromatic N) is 1. The average Bonchev–Trinajstić information content (AvgIpc) is 2.87. The van der Waals surface area contributed by atoms with Crippen molar-refractivity contribution in [3.8, 4) is 0 Å². The SMILES string of the molecule is O=C(NCC1CCNC1)c1cscn1. The zero-order valence-corrected chi connectivity index (χ0v) is 8.64. The molecule has 0 bridgehead atoms. The fourth-order valence-electron chi connectivity index (χ4n) is 1.54. The van der Waals surface area contributed by atoms with E-state index in [-0.39, 0.29) is 5.91 Å². The third-order valence-corrected chi connectivity index (χ3v) is 2.97. The predicted molar refractivity (Wildman–Crippen MR) is 55.4 cm³/mol. The van der Waals surface area contributed by atoms with Gasteiger partial charge in [0.2, 0.25) is 0 Å². The summed E-state index contributed by atoms with van der Waals surface area (Å²) in [7, 11) is 0. The summed E-state index contributed by atoms with van der Waals surface area (Å²) in [5.74, 6) is 0.524. The summed E-state index contributed by atoms with van der Waals surface area (Å²) in [5.41, 5.74) is 2.20. The van der Waals surface area contributed by atoms with Gasteiger partial charge in [-0.25, -0.2) is 4.98 Å². The Morgan fingerprint density at radius 2 is 2.71 bits per heavy atom. The van der Waals surface area contributed by atoms with Crippen LogP contribution in [0, 0.1) is 5.92 Å². The number of nitrogens with one attached hydrogen (secondary N) is 2. The quantitative estimate of drug-likeness (QED) is 0.764. The molecule has 1 amide bonds. The van der Waals surface area contributed by atoms with Crippen LogP contribution >= 0.6 is 11.3 Å². The molecule has 1 aliphatic heterocycles. The highest BCUT2D eigenvalue weighted by atomic mass is 32.1. The number of carbonyl (C=O) groups is 1. The first-order chi connectivity index (χ1) is 6.86. The van der Waals surface area contributed by atoms with Crippen LogP contribution in [0.25, 0.3) is 0 Å². The Morgan fingerprint density at radius 3 is 3.36 bits per heavy atom. The van der Waals surface area contributed by atoms with E-state index in [1.165, 1.54) is 11.3 Å². The van der Waals surface area contributed by atoms with Crippen LogP contribution in [0.4, 0.5) is 0 Å². The van der Waals surface area contributed by atoms with Crippen molar-refractivity contribution in [1.82, 2.24) is 15.6 Å². The third-order valence-electron chi connectivity index (χ3n) is 2.38. The summed E-state index contributed by atoms with van der Waals surface area (Å²) in [4.78, 5) is 15.4. The second-order valence-electron chi connectivity index (χ2n) is 3.44. The van der Waals surface area contributed by atoms with Gasteiger partial charge in [-0.1, -0.05) is 0 Å². The molecule has 5 heteroatoms. The van der Waals surface area contributed by atoms with Crippen molar-refractivity contribution in [2.24, 2.45) is 5.92 Å². The van der Waals surface area contributed by atoms with Crippen molar-refractivity contribution in [2.45, 2.75) is 6.42 Å². The molecule has 14 heavy (non-hydrogen) atoms. The van der Waals surface area contributed by atoms with Crippen LogP contribution in [-0.4, -0.2) is 30.5 Å². The molecule has 0 spiro atoms. The average molecular weight is 211 g/mol. The maximum absolute atomic E-state index is 11.5. The van der Waals surface area contributed by atoms with Crippen LogP contribution < -0.4 is 10.6 Å². The van der Waals surface area contributed by atoms with Gasteiger partial charge >= 0.3 is 0 Å². The first-order valence-electron chi connectivity index (χ1n) is 4.73. The molecule has 1 fully saturated rings. The Kier molecular flexibility index (Phi) is 3.10. The largest absolute Gasteiger partial charge is 0.350 e. The topological polar surface area (TPSA) is 54.0 Å². The van der Waals surface area contributed by atoms with E-state index in [1.807, 2.05) is 0 Å². The van der Waals surface area contributed by atoms with Crippen LogP contribution in [0.3, 0.4) is 0 Å². The summed E-state index contributed by atoms with van der Waals surface area (Å²) in [6.45, 7) is 2.83. The summed E-state index contributed by atoms with van der Waals surface area (Å²) in [6, 6.07) is 0. The molecule has 1 unspecified atom stereocenters. The molecular formula is C9H13N3OS. The van der Waals surface area contributed by atoms with Crippen LogP contribution in [0.15, 0.2) is 10.9 Å². The molecule has 4 nitrogen and oxygen atoms in total. The van der Waals surface area contributed by atoms with Gasteiger partial charge in [-0.15, -0.1) is 11.3 Å². The molecular weight excluding hydrogens is 198 g/mol. The number of aromatic nitrogens is 1. The van der Waals surface area contributed by atoms with E-state index in [2.05, 4.69) is 15.6 Å². The lowest BCUT2D eigenvalue weighted by Crippen LogP contribution is -2.30. The number of thiazole rings is 1. The van der Waals surface area contributed by atoms with Gasteiger partial charge < -0.3 is 10.6 Å². The van der Waals surface area contributed by atoms with E-state index in [0.29, 0.717) is 11.6 Å². The zero-order chi connectivity index (χ0) is 9.80. The lowest BCUT2D eigenvalue weighted by Gasteiger charge is -2.08. The normalized spacial score (nSPS) is 21.0. The van der Waals surface area contributed by atoms with Crippen molar-refractivity contribution < 1.29 is 4.79 Å². The van der Waals surface area contributed by atoms with Gasteiger partial charge in [0.05, 0.1) is 5.51 Å². The Bertz CT molecular complexity index is 293. The van der Waals surface area contributed by atoms with E-state index in [1.54, 1.807) is 10.9 Å². The van der Waals surface area contributed by atoms with Gasteiger partial charge in [-0.3, -0.25) is 4.79 Å². The molecule has 2 heterocycles. The van der Waals surface area contributed by atoms with Crippen LogP contribution in [0.2, 0.25) is 0 Å². The molecule has 1 aliphatic rings. The number of hydrogen-bond acceptors (Lipinski definition) is 4. The van der Waals surface area contributed by atoms with E-state index < -0.39 is 0 Å². The first-order valence-corrected chi connectivity index (χ1v) is 5.67. The Labute approximate surface area is 86.7 Å². The number of rotatable bonds is 3. The summed E-state index contributed by atoms with van der Waals surface area (Å²) < 4.78 is 0. The van der Waals surface area contributed by atoms with Gasteiger partial charge in [-0.05, 0) is 25.4 Å². The standard InChI is InChI=1S/C9H13N3OS/c13-9(8-5-14-6-12-8)11-4-7-1-2-10-3-7/h5-7,10H,1-4H2,(H,11,13). The molecule has 0 aromatic carbocycles. The molecule has 2 N–H and O–H groups in total. The maximum atomic E-state index is 11.5. The molecule has 0 radical (unpaired) electrons. The van der Waals surface area contributed by atoms with Gasteiger partial charge in [0.1, 0.15) is 5.69 Å². The second-order valence-corrected chi connectivity index (χ2v) is 4.16. The van der Waals surface area contributed by atoms with Gasteiger partial charge in [0.25, 0.3) is 5.91 Å². The van der Waals surface area contributed by atoms with Gasteiger partial charge in [0, 0.05) is 11.9 Å². The summed E-state index contributed by atoms with van der Waals surface area (Å²) in [5, 5.41) is 7.92. The van der Waals surface area contributed by atoms with Gasteiger partial charge in [0.15, 0.2) is 0 Å². The monoisotopic (exact) mass is 211 g/mol. The Balaban J connectivity index is 1.78. The molecule has 0 aliphatic carbocycles. The minimum absolute atomic E-state index is 0.0573. The van der Waals surface area contributed by atoms with E-state index >= 15 is 0 Å². The first kappa shape index (κ1) is 9.61. The minimum Gasteiger partial charge on any atom is -0.350 e. The van der Waals surface area contributed by atoms with Crippen molar-refractivity contribution in [1.29, 1.82) is 0 Å². The third kappa shape index (κ3) is 2.30. The highest BCUT2D eigenvalue weighted by Crippen LogP contribution is 2.06. The second kappa shape index (κ2) is 4.52. The number of hydrogen-bond donors (Lipinski definition) is 2. The molecule has 76 valence electrons. The van der Waals surface area contributed by atoms with E-state index in [4.69, 9.17) is 0 Å². The maximum Gasteiger partial charge on any atom is 0.270 e. The molecule has 0 saturated carbocycles. The van der Waals surface area contributed by atoms with Crippen LogP contribution in [0.5, 0.6) is 0 Å². The van der Waals surface area contributed by atoms with Crippen molar-refractivity contribution in [2.75, 3.05) is 19.6 Å². The predicted octanol–water partition coefficient (Wildman–Crippen LogP) is 0.482. The molecule has 1 aromatic rings. The minimum atomic E-state index is -0.0573. The van der Waals surface area contributed by atoms with Crippen molar-refractivity contribution in [3.63, 3.8) is 0 Å².